The lowest BCUT2D eigenvalue weighted by atomic mass is 10.0. The Hall–Kier alpha value is -2.31. The quantitative estimate of drug-likeness (QED) is 0.797. The first-order valence-corrected chi connectivity index (χ1v) is 8.93. The summed E-state index contributed by atoms with van der Waals surface area (Å²) >= 11 is 0. The minimum atomic E-state index is -4.33. The summed E-state index contributed by atoms with van der Waals surface area (Å²) in [6, 6.07) is 7.19. The number of piperidine rings is 1. The highest BCUT2D eigenvalue weighted by atomic mass is 19.4. The van der Waals surface area contributed by atoms with Crippen molar-refractivity contribution in [3.05, 3.63) is 41.6 Å². The maximum Gasteiger partial charge on any atom is 0.416 e. The molecule has 1 aromatic carbocycles. The van der Waals surface area contributed by atoms with Crippen molar-refractivity contribution in [2.45, 2.75) is 51.7 Å². The summed E-state index contributed by atoms with van der Waals surface area (Å²) in [5.41, 5.74) is 0.722. The van der Waals surface area contributed by atoms with E-state index in [-0.39, 0.29) is 0 Å². The zero-order chi connectivity index (χ0) is 18.7. The summed E-state index contributed by atoms with van der Waals surface area (Å²) in [5.74, 6) is 1.28. The minimum Gasteiger partial charge on any atom is -0.340 e. The molecule has 0 spiro atoms. The van der Waals surface area contributed by atoms with Crippen molar-refractivity contribution in [1.29, 1.82) is 0 Å². The van der Waals surface area contributed by atoms with Crippen LogP contribution in [0.3, 0.4) is 0 Å². The fourth-order valence-electron chi connectivity index (χ4n) is 3.32. The number of rotatable bonds is 4. The molecule has 0 amide bonds. The van der Waals surface area contributed by atoms with Gasteiger partial charge in [-0.2, -0.15) is 18.2 Å². The lowest BCUT2D eigenvalue weighted by Crippen LogP contribution is -2.40. The van der Waals surface area contributed by atoms with Gasteiger partial charge >= 0.3 is 6.18 Å². The average molecular weight is 364 g/mol. The van der Waals surface area contributed by atoms with Gasteiger partial charge in [0.2, 0.25) is 5.95 Å². The Morgan fingerprint density at radius 2 is 1.88 bits per heavy atom. The number of halogens is 3. The van der Waals surface area contributed by atoms with Crippen LogP contribution in [0.1, 0.15) is 43.9 Å². The highest BCUT2D eigenvalue weighted by molar-refractivity contribution is 5.58. The third-order valence-electron chi connectivity index (χ3n) is 4.68. The van der Waals surface area contributed by atoms with Crippen LogP contribution in [0.2, 0.25) is 0 Å². The van der Waals surface area contributed by atoms with Crippen molar-refractivity contribution in [3.63, 3.8) is 0 Å². The van der Waals surface area contributed by atoms with Gasteiger partial charge in [-0.3, -0.25) is 0 Å². The van der Waals surface area contributed by atoms with E-state index >= 15 is 0 Å². The highest BCUT2D eigenvalue weighted by Crippen LogP contribution is 2.31. The van der Waals surface area contributed by atoms with Crippen molar-refractivity contribution in [2.75, 3.05) is 16.8 Å². The normalized spacial score (nSPS) is 18.0. The van der Waals surface area contributed by atoms with Gasteiger partial charge in [-0.05, 0) is 56.9 Å². The monoisotopic (exact) mass is 364 g/mol. The van der Waals surface area contributed by atoms with E-state index < -0.39 is 11.7 Å². The van der Waals surface area contributed by atoms with E-state index in [4.69, 9.17) is 0 Å². The van der Waals surface area contributed by atoms with Crippen molar-refractivity contribution in [1.82, 2.24) is 9.97 Å². The Kier molecular flexibility index (Phi) is 5.34. The predicted molar refractivity (Wildman–Crippen MR) is 96.8 cm³/mol. The number of nitrogens with zero attached hydrogens (tertiary/aromatic N) is 3. The second-order valence-corrected chi connectivity index (χ2v) is 6.65. The van der Waals surface area contributed by atoms with Crippen LogP contribution in [0, 0.1) is 6.92 Å². The molecule has 1 N–H and O–H groups in total. The van der Waals surface area contributed by atoms with Gasteiger partial charge in [-0.25, -0.2) is 4.98 Å². The van der Waals surface area contributed by atoms with Gasteiger partial charge in [-0.15, -0.1) is 0 Å². The SMILES string of the molecule is CCC1CCCCN1c1nc(C)cc(Nc2ccc(C(F)(F)F)cc2)n1. The molecule has 1 fully saturated rings. The maximum atomic E-state index is 12.7. The van der Waals surface area contributed by atoms with Gasteiger partial charge in [0.25, 0.3) is 0 Å². The number of anilines is 3. The molecule has 0 radical (unpaired) electrons. The highest BCUT2D eigenvalue weighted by Gasteiger charge is 2.30. The molecular formula is C19H23F3N4. The van der Waals surface area contributed by atoms with Crippen LogP contribution >= 0.6 is 0 Å². The van der Waals surface area contributed by atoms with Crippen molar-refractivity contribution in [3.8, 4) is 0 Å². The van der Waals surface area contributed by atoms with Crippen LogP contribution in [-0.2, 0) is 6.18 Å². The Morgan fingerprint density at radius 1 is 1.15 bits per heavy atom. The smallest absolute Gasteiger partial charge is 0.340 e. The zero-order valence-corrected chi connectivity index (χ0v) is 15.0. The molecule has 2 aromatic rings. The van der Waals surface area contributed by atoms with Gasteiger partial charge in [0.05, 0.1) is 5.56 Å². The average Bonchev–Trinajstić information content (AvgIpc) is 2.61. The number of aryl methyl sites for hydroxylation is 1. The second-order valence-electron chi connectivity index (χ2n) is 6.65. The van der Waals surface area contributed by atoms with E-state index in [0.717, 1.165) is 43.6 Å². The van der Waals surface area contributed by atoms with Crippen molar-refractivity contribution in [2.24, 2.45) is 0 Å². The maximum absolute atomic E-state index is 12.7. The number of aromatic nitrogens is 2. The molecule has 0 bridgehead atoms. The van der Waals surface area contributed by atoms with E-state index in [1.54, 1.807) is 6.07 Å². The van der Waals surface area contributed by atoms with E-state index in [9.17, 15) is 13.2 Å². The third kappa shape index (κ3) is 4.26. The molecule has 3 rings (SSSR count). The lowest BCUT2D eigenvalue weighted by Gasteiger charge is -2.35. The van der Waals surface area contributed by atoms with Crippen LogP contribution in [0.15, 0.2) is 30.3 Å². The fourth-order valence-corrected chi connectivity index (χ4v) is 3.32. The van der Waals surface area contributed by atoms with E-state index in [1.807, 2.05) is 6.92 Å². The van der Waals surface area contributed by atoms with E-state index in [1.165, 1.54) is 18.6 Å². The molecule has 26 heavy (non-hydrogen) atoms. The van der Waals surface area contributed by atoms with Gasteiger partial charge in [-0.1, -0.05) is 6.92 Å². The molecule has 7 heteroatoms. The molecule has 1 unspecified atom stereocenters. The molecule has 2 heterocycles. The van der Waals surface area contributed by atoms with Crippen LogP contribution in [0.25, 0.3) is 0 Å². The Morgan fingerprint density at radius 3 is 2.54 bits per heavy atom. The number of benzene rings is 1. The number of nitrogens with one attached hydrogen (secondary N) is 1. The van der Waals surface area contributed by atoms with Crippen LogP contribution < -0.4 is 10.2 Å². The first-order chi connectivity index (χ1) is 12.4. The van der Waals surface area contributed by atoms with Gasteiger partial charge < -0.3 is 10.2 Å². The molecule has 4 nitrogen and oxygen atoms in total. The van der Waals surface area contributed by atoms with E-state index in [2.05, 4.69) is 27.1 Å². The van der Waals surface area contributed by atoms with Gasteiger partial charge in [0.1, 0.15) is 5.82 Å². The van der Waals surface area contributed by atoms with Crippen LogP contribution in [0.5, 0.6) is 0 Å². The van der Waals surface area contributed by atoms with Crippen LogP contribution in [-0.4, -0.2) is 22.6 Å². The summed E-state index contributed by atoms with van der Waals surface area (Å²) in [6.45, 7) is 5.00. The fraction of sp³-hybridized carbons (Fsp3) is 0.474. The first-order valence-electron chi connectivity index (χ1n) is 8.93. The largest absolute Gasteiger partial charge is 0.416 e. The lowest BCUT2D eigenvalue weighted by molar-refractivity contribution is -0.137. The number of hydrogen-bond acceptors (Lipinski definition) is 4. The third-order valence-corrected chi connectivity index (χ3v) is 4.68. The molecule has 140 valence electrons. The standard InChI is InChI=1S/C19H23F3N4/c1-3-16-6-4-5-11-26(16)18-23-13(2)12-17(25-18)24-15-9-7-14(8-10-15)19(20,21)22/h7-10,12,16H,3-6,11H2,1-2H3,(H,23,24,25). The first kappa shape index (κ1) is 18.5. The topological polar surface area (TPSA) is 41.1 Å². The summed E-state index contributed by atoms with van der Waals surface area (Å²) in [6.07, 6.45) is 0.183. The summed E-state index contributed by atoms with van der Waals surface area (Å²) < 4.78 is 38.0. The predicted octanol–water partition coefficient (Wildman–Crippen LogP) is 5.32. The molecule has 1 atom stereocenters. The Balaban J connectivity index is 1.81. The molecular weight excluding hydrogens is 341 g/mol. The number of hydrogen-bond donors (Lipinski definition) is 1. The molecule has 1 aromatic heterocycles. The second kappa shape index (κ2) is 7.51. The Bertz CT molecular complexity index is 743. The molecule has 0 saturated carbocycles. The van der Waals surface area contributed by atoms with Gasteiger partial charge in [0.15, 0.2) is 0 Å². The Labute approximate surface area is 151 Å². The van der Waals surface area contributed by atoms with Crippen LogP contribution in [0.4, 0.5) is 30.6 Å². The summed E-state index contributed by atoms with van der Waals surface area (Å²) in [7, 11) is 0. The van der Waals surface area contributed by atoms with Crippen molar-refractivity contribution >= 4 is 17.5 Å². The van der Waals surface area contributed by atoms with Crippen molar-refractivity contribution < 1.29 is 13.2 Å². The van der Waals surface area contributed by atoms with E-state index in [0.29, 0.717) is 23.5 Å². The summed E-state index contributed by atoms with van der Waals surface area (Å²) in [4.78, 5) is 11.4. The summed E-state index contributed by atoms with van der Waals surface area (Å²) in [5, 5.41) is 3.09. The molecule has 1 aliphatic heterocycles. The number of alkyl halides is 3. The zero-order valence-electron chi connectivity index (χ0n) is 15.0. The minimum absolute atomic E-state index is 0.435. The molecule has 1 aliphatic rings. The molecule has 1 saturated heterocycles. The molecule has 0 aliphatic carbocycles. The van der Waals surface area contributed by atoms with Gasteiger partial charge in [0, 0.05) is 30.0 Å².